The van der Waals surface area contributed by atoms with E-state index < -0.39 is 0 Å². The maximum atomic E-state index is 10.8. The van der Waals surface area contributed by atoms with Crippen molar-refractivity contribution in [1.29, 1.82) is 0 Å². The highest BCUT2D eigenvalue weighted by atomic mass is 32.1. The van der Waals surface area contributed by atoms with Crippen LogP contribution in [0.25, 0.3) is 0 Å². The zero-order chi connectivity index (χ0) is 10.2. The van der Waals surface area contributed by atoms with Gasteiger partial charge in [0.2, 0.25) is 0 Å². The Morgan fingerprint density at radius 3 is 3.21 bits per heavy atom. The Bertz CT molecular complexity index is 366. The predicted molar refractivity (Wildman–Crippen MR) is 57.0 cm³/mol. The van der Waals surface area contributed by atoms with Crippen LogP contribution in [0.3, 0.4) is 0 Å². The minimum Gasteiger partial charge on any atom is -0.463 e. The van der Waals surface area contributed by atoms with Gasteiger partial charge in [-0.05, 0) is 24.4 Å². The van der Waals surface area contributed by atoms with E-state index in [4.69, 9.17) is 0 Å². The molecule has 0 spiro atoms. The molecule has 0 amide bonds. The molecule has 1 aromatic rings. The Morgan fingerprint density at radius 1 is 1.71 bits per heavy atom. The molecule has 0 aromatic carbocycles. The molecule has 0 atom stereocenters. The van der Waals surface area contributed by atoms with Gasteiger partial charge in [-0.2, -0.15) is 0 Å². The largest absolute Gasteiger partial charge is 0.463 e. The Labute approximate surface area is 87.2 Å². The van der Waals surface area contributed by atoms with Crippen LogP contribution >= 0.6 is 11.3 Å². The monoisotopic (exact) mass is 206 g/mol. The smallest absolute Gasteiger partial charge is 0.331 e. The molecule has 3 heteroatoms. The normalized spacial score (nSPS) is 9.50. The van der Waals surface area contributed by atoms with Crippen LogP contribution in [0.4, 0.5) is 0 Å². The van der Waals surface area contributed by atoms with E-state index in [9.17, 15) is 4.79 Å². The van der Waals surface area contributed by atoms with Crippen molar-refractivity contribution in [1.82, 2.24) is 0 Å². The van der Waals surface area contributed by atoms with Gasteiger partial charge in [-0.25, -0.2) is 4.79 Å². The summed E-state index contributed by atoms with van der Waals surface area (Å²) >= 11 is 1.57. The molecule has 0 radical (unpaired) electrons. The molecule has 0 aliphatic carbocycles. The zero-order valence-corrected chi connectivity index (χ0v) is 8.64. The molecule has 0 bridgehead atoms. The summed E-state index contributed by atoms with van der Waals surface area (Å²) in [5, 5.41) is 1.96. The molecule has 0 saturated heterocycles. The van der Waals surface area contributed by atoms with Crippen molar-refractivity contribution < 1.29 is 9.53 Å². The Morgan fingerprint density at radius 2 is 2.57 bits per heavy atom. The lowest BCUT2D eigenvalue weighted by Crippen LogP contribution is -1.98. The second-order valence-corrected chi connectivity index (χ2v) is 3.28. The van der Waals surface area contributed by atoms with Gasteiger partial charge in [0.25, 0.3) is 0 Å². The van der Waals surface area contributed by atoms with Crippen molar-refractivity contribution in [3.63, 3.8) is 0 Å². The van der Waals surface area contributed by atoms with E-state index in [0.29, 0.717) is 6.61 Å². The fraction of sp³-hybridized carbons (Fsp3) is 0.182. The molecule has 0 fully saturated rings. The highest BCUT2D eigenvalue weighted by molar-refractivity contribution is 7.10. The van der Waals surface area contributed by atoms with Gasteiger partial charge in [0.05, 0.1) is 11.5 Å². The first kappa shape index (κ1) is 10.6. The summed E-state index contributed by atoms with van der Waals surface area (Å²) in [6.45, 7) is 2.16. The second-order valence-electron chi connectivity index (χ2n) is 2.33. The summed E-state index contributed by atoms with van der Waals surface area (Å²) in [5.74, 6) is 5.30. The van der Waals surface area contributed by atoms with Gasteiger partial charge in [0, 0.05) is 6.08 Å². The van der Waals surface area contributed by atoms with Gasteiger partial charge < -0.3 is 4.74 Å². The molecular formula is C11H10O2S. The summed E-state index contributed by atoms with van der Waals surface area (Å²) in [5.41, 5.74) is 0. The standard InChI is InChI=1S/C11H10O2S/c1-2-13-11(12)8-4-3-6-10-7-5-9-14-10/h4-5,7-9H,2H2,1H3/b8-4-. The summed E-state index contributed by atoms with van der Waals surface area (Å²) in [4.78, 5) is 11.8. The summed E-state index contributed by atoms with van der Waals surface area (Å²) < 4.78 is 4.69. The summed E-state index contributed by atoms with van der Waals surface area (Å²) in [6, 6.07) is 3.86. The van der Waals surface area contributed by atoms with Crippen LogP contribution < -0.4 is 0 Å². The molecule has 0 saturated carbocycles. The fourth-order valence-electron chi connectivity index (χ4n) is 0.763. The van der Waals surface area contributed by atoms with Crippen molar-refractivity contribution in [3.05, 3.63) is 34.5 Å². The van der Waals surface area contributed by atoms with E-state index in [1.807, 2.05) is 17.5 Å². The van der Waals surface area contributed by atoms with E-state index in [2.05, 4.69) is 16.6 Å². The molecule has 0 aliphatic rings. The van der Waals surface area contributed by atoms with Crippen molar-refractivity contribution in [2.45, 2.75) is 6.92 Å². The number of hydrogen-bond donors (Lipinski definition) is 0. The highest BCUT2D eigenvalue weighted by Crippen LogP contribution is 2.05. The van der Waals surface area contributed by atoms with Crippen LogP contribution in [-0.4, -0.2) is 12.6 Å². The first-order chi connectivity index (χ1) is 6.83. The molecule has 2 nitrogen and oxygen atoms in total. The number of carbonyl (C=O) groups is 1. The summed E-state index contributed by atoms with van der Waals surface area (Å²) in [6.07, 6.45) is 2.82. The number of rotatable bonds is 2. The van der Waals surface area contributed by atoms with E-state index in [1.54, 1.807) is 18.3 Å². The quantitative estimate of drug-likeness (QED) is 0.421. The average Bonchev–Trinajstić information content (AvgIpc) is 2.65. The first-order valence-electron chi connectivity index (χ1n) is 4.21. The van der Waals surface area contributed by atoms with Crippen LogP contribution in [0.5, 0.6) is 0 Å². The van der Waals surface area contributed by atoms with Crippen molar-refractivity contribution in [2.24, 2.45) is 0 Å². The third-order valence-corrected chi connectivity index (χ3v) is 2.09. The topological polar surface area (TPSA) is 26.3 Å². The molecule has 0 aliphatic heterocycles. The number of esters is 1. The minimum absolute atomic E-state index is 0.354. The number of allylic oxidation sites excluding steroid dienone is 1. The van der Waals surface area contributed by atoms with Crippen LogP contribution in [0.2, 0.25) is 0 Å². The highest BCUT2D eigenvalue weighted by Gasteiger charge is 1.90. The van der Waals surface area contributed by atoms with Crippen LogP contribution in [-0.2, 0) is 9.53 Å². The van der Waals surface area contributed by atoms with Crippen molar-refractivity contribution in [2.75, 3.05) is 6.61 Å². The Balaban J connectivity index is 2.43. The molecule has 14 heavy (non-hydrogen) atoms. The van der Waals surface area contributed by atoms with E-state index >= 15 is 0 Å². The number of carbonyl (C=O) groups excluding carboxylic acids is 1. The number of hydrogen-bond acceptors (Lipinski definition) is 3. The van der Waals surface area contributed by atoms with Gasteiger partial charge in [-0.1, -0.05) is 17.9 Å². The molecular weight excluding hydrogens is 196 g/mol. The van der Waals surface area contributed by atoms with Crippen LogP contribution in [0.15, 0.2) is 29.7 Å². The summed E-state index contributed by atoms with van der Waals surface area (Å²) in [7, 11) is 0. The SMILES string of the molecule is CCOC(=O)/C=C\C#Cc1cccs1. The minimum atomic E-state index is -0.354. The van der Waals surface area contributed by atoms with E-state index in [-0.39, 0.29) is 5.97 Å². The molecule has 1 heterocycles. The molecule has 0 unspecified atom stereocenters. The van der Waals surface area contributed by atoms with Crippen molar-refractivity contribution >= 4 is 17.3 Å². The third-order valence-electron chi connectivity index (χ3n) is 1.31. The average molecular weight is 206 g/mol. The maximum Gasteiger partial charge on any atom is 0.331 e. The predicted octanol–water partition coefficient (Wildman–Crippen LogP) is 2.22. The Kier molecular flexibility index (Phi) is 4.53. The fourth-order valence-corrected chi connectivity index (χ4v) is 1.34. The lowest BCUT2D eigenvalue weighted by Gasteiger charge is -1.91. The second kappa shape index (κ2) is 6.01. The van der Waals surface area contributed by atoms with E-state index in [0.717, 1.165) is 4.88 Å². The van der Waals surface area contributed by atoms with Gasteiger partial charge in [-0.3, -0.25) is 0 Å². The maximum absolute atomic E-state index is 10.8. The van der Waals surface area contributed by atoms with Crippen LogP contribution in [0, 0.1) is 11.8 Å². The molecule has 1 aromatic heterocycles. The first-order valence-corrected chi connectivity index (χ1v) is 5.09. The van der Waals surface area contributed by atoms with Gasteiger partial charge >= 0.3 is 5.97 Å². The number of ether oxygens (including phenoxy) is 1. The van der Waals surface area contributed by atoms with E-state index in [1.165, 1.54) is 12.2 Å². The zero-order valence-electron chi connectivity index (χ0n) is 7.82. The van der Waals surface area contributed by atoms with Gasteiger partial charge in [-0.15, -0.1) is 11.3 Å². The molecule has 0 N–H and O–H groups in total. The molecule has 1 rings (SSSR count). The number of thiophene rings is 1. The van der Waals surface area contributed by atoms with Crippen molar-refractivity contribution in [3.8, 4) is 11.8 Å². The molecule has 72 valence electrons. The van der Waals surface area contributed by atoms with Gasteiger partial charge in [0.15, 0.2) is 0 Å². The lowest BCUT2D eigenvalue weighted by atomic mass is 10.4. The van der Waals surface area contributed by atoms with Gasteiger partial charge in [0.1, 0.15) is 0 Å². The lowest BCUT2D eigenvalue weighted by molar-refractivity contribution is -0.137. The van der Waals surface area contributed by atoms with Crippen LogP contribution in [0.1, 0.15) is 11.8 Å². The third kappa shape index (κ3) is 3.92. The Hall–Kier alpha value is -1.53.